The summed E-state index contributed by atoms with van der Waals surface area (Å²) in [6, 6.07) is 4.35. The second-order valence-electron chi connectivity index (χ2n) is 4.24. The van der Waals surface area contributed by atoms with Crippen LogP contribution in [0.4, 0.5) is 4.39 Å². The van der Waals surface area contributed by atoms with Gasteiger partial charge in [0.05, 0.1) is 22.4 Å². The molecule has 102 valence electrons. The molecule has 2 N–H and O–H groups in total. The number of rotatable bonds is 4. The molecule has 0 saturated heterocycles. The third-order valence-electron chi connectivity index (χ3n) is 2.86. The Labute approximate surface area is 128 Å². The summed E-state index contributed by atoms with van der Waals surface area (Å²) in [5.41, 5.74) is 7.45. The van der Waals surface area contributed by atoms with Crippen LogP contribution in [0.1, 0.15) is 30.6 Å². The van der Waals surface area contributed by atoms with Gasteiger partial charge in [0, 0.05) is 16.6 Å². The van der Waals surface area contributed by atoms with Crippen molar-refractivity contribution in [1.29, 1.82) is 0 Å². The molecule has 0 aliphatic heterocycles. The van der Waals surface area contributed by atoms with Gasteiger partial charge in [-0.15, -0.1) is 0 Å². The highest BCUT2D eigenvalue weighted by atomic mass is 79.9. The number of aromatic nitrogens is 2. The van der Waals surface area contributed by atoms with Gasteiger partial charge >= 0.3 is 0 Å². The normalized spacial score (nSPS) is 12.7. The summed E-state index contributed by atoms with van der Waals surface area (Å²) in [7, 11) is 0. The van der Waals surface area contributed by atoms with Crippen LogP contribution in [0.5, 0.6) is 0 Å². The van der Waals surface area contributed by atoms with Crippen molar-refractivity contribution in [2.24, 2.45) is 5.73 Å². The van der Waals surface area contributed by atoms with Gasteiger partial charge in [0.2, 0.25) is 0 Å². The van der Waals surface area contributed by atoms with Gasteiger partial charge in [-0.05, 0) is 34.5 Å². The summed E-state index contributed by atoms with van der Waals surface area (Å²) in [4.78, 5) is 0. The molecule has 2 rings (SSSR count). The van der Waals surface area contributed by atoms with E-state index in [-0.39, 0.29) is 5.82 Å². The first-order chi connectivity index (χ1) is 9.04. The van der Waals surface area contributed by atoms with Crippen molar-refractivity contribution < 1.29 is 4.39 Å². The number of benzene rings is 1. The molecule has 0 bridgehead atoms. The van der Waals surface area contributed by atoms with Gasteiger partial charge in [0.15, 0.2) is 0 Å². The summed E-state index contributed by atoms with van der Waals surface area (Å²) in [5, 5.41) is 4.26. The largest absolute Gasteiger partial charge is 0.319 e. The Morgan fingerprint density at radius 3 is 2.79 bits per heavy atom. The van der Waals surface area contributed by atoms with E-state index in [1.807, 2.05) is 4.68 Å². The second kappa shape index (κ2) is 6.15. The molecule has 0 spiro atoms. The Balaban J connectivity index is 2.43. The van der Waals surface area contributed by atoms with Crippen LogP contribution in [0.3, 0.4) is 0 Å². The standard InChI is InChI=1S/C13H14Br2FN3/c1-2-5-19-13(10(15)7-18-19)12(17)9-4-3-8(14)6-11(9)16/h3-4,6-7,12H,2,5,17H2,1H3. The fourth-order valence-corrected chi connectivity index (χ4v) is 2.85. The van der Waals surface area contributed by atoms with E-state index in [4.69, 9.17) is 5.73 Å². The van der Waals surface area contributed by atoms with Gasteiger partial charge in [-0.2, -0.15) is 5.10 Å². The molecule has 1 atom stereocenters. The molecule has 0 aliphatic rings. The molecule has 1 unspecified atom stereocenters. The van der Waals surface area contributed by atoms with Crippen LogP contribution in [0.2, 0.25) is 0 Å². The van der Waals surface area contributed by atoms with E-state index in [0.29, 0.717) is 10.0 Å². The summed E-state index contributed by atoms with van der Waals surface area (Å²) < 4.78 is 17.3. The van der Waals surface area contributed by atoms with Crippen LogP contribution in [-0.2, 0) is 6.54 Å². The highest BCUT2D eigenvalue weighted by Crippen LogP contribution is 2.29. The van der Waals surface area contributed by atoms with Gasteiger partial charge in [-0.25, -0.2) is 4.39 Å². The zero-order valence-corrected chi connectivity index (χ0v) is 13.6. The predicted octanol–water partition coefficient (Wildman–Crippen LogP) is 4.01. The van der Waals surface area contributed by atoms with Crippen molar-refractivity contribution >= 4 is 31.9 Å². The predicted molar refractivity (Wildman–Crippen MR) is 80.3 cm³/mol. The zero-order chi connectivity index (χ0) is 14.0. The molecule has 6 heteroatoms. The van der Waals surface area contributed by atoms with Crippen LogP contribution >= 0.6 is 31.9 Å². The average molecular weight is 391 g/mol. The molecule has 0 radical (unpaired) electrons. The maximum absolute atomic E-state index is 14.0. The molecule has 1 aromatic carbocycles. The minimum atomic E-state index is -0.545. The molecule has 2 aromatic rings. The summed E-state index contributed by atoms with van der Waals surface area (Å²) >= 11 is 6.67. The van der Waals surface area contributed by atoms with Gasteiger partial charge in [-0.3, -0.25) is 4.68 Å². The van der Waals surface area contributed by atoms with Crippen LogP contribution in [0.15, 0.2) is 33.3 Å². The minimum absolute atomic E-state index is 0.321. The first-order valence-electron chi connectivity index (χ1n) is 5.96. The molecule has 3 nitrogen and oxygen atoms in total. The first kappa shape index (κ1) is 14.7. The molecular formula is C13H14Br2FN3. The number of hydrogen-bond acceptors (Lipinski definition) is 2. The van der Waals surface area contributed by atoms with Crippen LogP contribution < -0.4 is 5.73 Å². The van der Waals surface area contributed by atoms with Crippen molar-refractivity contribution in [2.45, 2.75) is 25.9 Å². The highest BCUT2D eigenvalue weighted by Gasteiger charge is 2.20. The fraction of sp³-hybridized carbons (Fsp3) is 0.308. The average Bonchev–Trinajstić information content (AvgIpc) is 2.70. The van der Waals surface area contributed by atoms with Crippen molar-refractivity contribution in [3.8, 4) is 0 Å². The van der Waals surface area contributed by atoms with Crippen LogP contribution in [0, 0.1) is 5.82 Å². The van der Waals surface area contributed by atoms with Gasteiger partial charge in [0.1, 0.15) is 5.82 Å². The van der Waals surface area contributed by atoms with Crippen molar-refractivity contribution in [3.05, 3.63) is 50.4 Å². The quantitative estimate of drug-likeness (QED) is 0.857. The molecule has 1 aromatic heterocycles. The number of aryl methyl sites for hydroxylation is 1. The Morgan fingerprint density at radius 2 is 2.16 bits per heavy atom. The van der Waals surface area contributed by atoms with Gasteiger partial charge in [0.25, 0.3) is 0 Å². The van der Waals surface area contributed by atoms with E-state index in [2.05, 4.69) is 43.9 Å². The molecule has 1 heterocycles. The Morgan fingerprint density at radius 1 is 1.42 bits per heavy atom. The lowest BCUT2D eigenvalue weighted by atomic mass is 10.0. The summed E-state index contributed by atoms with van der Waals surface area (Å²) in [6.07, 6.45) is 2.64. The Hall–Kier alpha value is -0.720. The minimum Gasteiger partial charge on any atom is -0.319 e. The Bertz CT molecular complexity index is 583. The third kappa shape index (κ3) is 3.07. The second-order valence-corrected chi connectivity index (χ2v) is 6.01. The van der Waals surface area contributed by atoms with E-state index in [0.717, 1.165) is 23.1 Å². The maximum Gasteiger partial charge on any atom is 0.129 e. The van der Waals surface area contributed by atoms with Crippen molar-refractivity contribution in [1.82, 2.24) is 9.78 Å². The number of hydrogen-bond donors (Lipinski definition) is 1. The van der Waals surface area contributed by atoms with Gasteiger partial charge in [-0.1, -0.05) is 28.9 Å². The summed E-state index contributed by atoms with van der Waals surface area (Å²) in [6.45, 7) is 2.82. The van der Waals surface area contributed by atoms with Crippen LogP contribution in [-0.4, -0.2) is 9.78 Å². The van der Waals surface area contributed by atoms with Gasteiger partial charge < -0.3 is 5.73 Å². The topological polar surface area (TPSA) is 43.8 Å². The van der Waals surface area contributed by atoms with Crippen LogP contribution in [0.25, 0.3) is 0 Å². The molecule has 0 amide bonds. The number of nitrogens with two attached hydrogens (primary N) is 1. The number of halogens is 3. The van der Waals surface area contributed by atoms with Crippen molar-refractivity contribution in [3.63, 3.8) is 0 Å². The molecule has 0 aliphatic carbocycles. The lowest BCUT2D eigenvalue weighted by Crippen LogP contribution is -2.19. The number of nitrogens with zero attached hydrogens (tertiary/aromatic N) is 2. The smallest absolute Gasteiger partial charge is 0.129 e. The fourth-order valence-electron chi connectivity index (χ4n) is 1.97. The highest BCUT2D eigenvalue weighted by molar-refractivity contribution is 9.10. The molecule has 0 fully saturated rings. The van der Waals surface area contributed by atoms with Crippen molar-refractivity contribution in [2.75, 3.05) is 0 Å². The first-order valence-corrected chi connectivity index (χ1v) is 7.55. The third-order valence-corrected chi connectivity index (χ3v) is 3.97. The lowest BCUT2D eigenvalue weighted by Gasteiger charge is -2.16. The Kier molecular flexibility index (Phi) is 4.76. The zero-order valence-electron chi connectivity index (χ0n) is 10.4. The lowest BCUT2D eigenvalue weighted by molar-refractivity contribution is 0.544. The monoisotopic (exact) mass is 389 g/mol. The molecular weight excluding hydrogens is 377 g/mol. The van der Waals surface area contributed by atoms with E-state index in [1.54, 1.807) is 18.3 Å². The van der Waals surface area contributed by atoms with E-state index < -0.39 is 6.04 Å². The van der Waals surface area contributed by atoms with E-state index in [9.17, 15) is 4.39 Å². The SMILES string of the molecule is CCCn1ncc(Br)c1C(N)c1ccc(Br)cc1F. The summed E-state index contributed by atoms with van der Waals surface area (Å²) in [5.74, 6) is -0.321. The van der Waals surface area contributed by atoms with E-state index >= 15 is 0 Å². The molecule has 0 saturated carbocycles. The maximum atomic E-state index is 14.0. The van der Waals surface area contributed by atoms with E-state index in [1.165, 1.54) is 6.07 Å². The molecule has 19 heavy (non-hydrogen) atoms.